The number of amides is 1. The van der Waals surface area contributed by atoms with Gasteiger partial charge in [0.15, 0.2) is 0 Å². The minimum atomic E-state index is -0.330. The molecule has 1 saturated heterocycles. The Morgan fingerprint density at radius 1 is 1.30 bits per heavy atom. The Kier molecular flexibility index (Phi) is 7.11. The van der Waals surface area contributed by atoms with Gasteiger partial charge in [-0.15, -0.1) is 0 Å². The Balaban J connectivity index is 1.72. The zero-order valence-corrected chi connectivity index (χ0v) is 13.2. The first-order valence-corrected chi connectivity index (χ1v) is 7.88. The van der Waals surface area contributed by atoms with Gasteiger partial charge in [-0.25, -0.2) is 0 Å². The van der Waals surface area contributed by atoms with Gasteiger partial charge in [0.1, 0.15) is 11.6 Å². The van der Waals surface area contributed by atoms with Crippen molar-refractivity contribution < 1.29 is 4.79 Å². The van der Waals surface area contributed by atoms with Crippen LogP contribution in [-0.4, -0.2) is 50.1 Å². The number of nitrogens with one attached hydrogen (secondary N) is 3. The molecule has 0 bridgehead atoms. The summed E-state index contributed by atoms with van der Waals surface area (Å²) in [6.07, 6.45) is 1.48. The number of benzene rings is 1. The molecule has 0 aliphatic carbocycles. The van der Waals surface area contributed by atoms with Gasteiger partial charge in [0.2, 0.25) is 0 Å². The molecule has 6 nitrogen and oxygen atoms in total. The second-order valence-corrected chi connectivity index (χ2v) is 5.38. The van der Waals surface area contributed by atoms with E-state index in [-0.39, 0.29) is 11.5 Å². The number of carbonyl (C=O) groups excluding carboxylic acids is 1. The monoisotopic (exact) mass is 313 g/mol. The smallest absolute Gasteiger partial charge is 0.263 e. The Labute approximate surface area is 137 Å². The minimum Gasteiger partial charge on any atom is -0.386 e. The van der Waals surface area contributed by atoms with Crippen LogP contribution in [0.15, 0.2) is 42.1 Å². The summed E-state index contributed by atoms with van der Waals surface area (Å²) in [5, 5.41) is 18.2. The van der Waals surface area contributed by atoms with E-state index in [1.807, 2.05) is 36.4 Å². The summed E-state index contributed by atoms with van der Waals surface area (Å²) in [5.41, 5.74) is 1.20. The maximum absolute atomic E-state index is 12.0. The molecule has 6 heteroatoms. The van der Waals surface area contributed by atoms with Gasteiger partial charge in [-0.3, -0.25) is 9.69 Å². The zero-order valence-electron chi connectivity index (χ0n) is 13.2. The van der Waals surface area contributed by atoms with E-state index in [4.69, 9.17) is 5.26 Å². The highest BCUT2D eigenvalue weighted by Crippen LogP contribution is 1.98. The van der Waals surface area contributed by atoms with Crippen molar-refractivity contribution >= 4 is 5.91 Å². The molecule has 1 aliphatic heterocycles. The second kappa shape index (κ2) is 9.62. The predicted octanol–water partition coefficient (Wildman–Crippen LogP) is 0.205. The van der Waals surface area contributed by atoms with Crippen molar-refractivity contribution in [3.8, 4) is 6.07 Å². The summed E-state index contributed by atoms with van der Waals surface area (Å²) in [5.74, 6) is -0.330. The molecule has 2 rings (SSSR count). The van der Waals surface area contributed by atoms with Crippen molar-refractivity contribution in [2.24, 2.45) is 0 Å². The highest BCUT2D eigenvalue weighted by molar-refractivity contribution is 5.97. The van der Waals surface area contributed by atoms with Crippen LogP contribution in [0.3, 0.4) is 0 Å². The van der Waals surface area contributed by atoms with Crippen LogP contribution < -0.4 is 16.0 Å². The lowest BCUT2D eigenvalue weighted by Gasteiger charge is -2.27. The van der Waals surface area contributed by atoms with Crippen molar-refractivity contribution in [3.63, 3.8) is 0 Å². The standard InChI is InChI=1S/C17H23N5O/c18-12-16(14-20-13-15-4-2-1-3-5-15)17(23)21-8-11-22-9-6-19-7-10-22/h1-5,14,19-20H,6-11,13H2,(H,21,23)/b16-14-. The molecule has 0 spiro atoms. The average Bonchev–Trinajstić information content (AvgIpc) is 2.60. The Hall–Kier alpha value is -2.36. The molecule has 1 fully saturated rings. The van der Waals surface area contributed by atoms with E-state index >= 15 is 0 Å². The maximum Gasteiger partial charge on any atom is 0.263 e. The number of hydrogen-bond donors (Lipinski definition) is 3. The molecule has 1 aromatic carbocycles. The third-order valence-corrected chi connectivity index (χ3v) is 3.68. The van der Waals surface area contributed by atoms with Gasteiger partial charge in [0.25, 0.3) is 5.91 Å². The molecule has 122 valence electrons. The number of nitriles is 1. The lowest BCUT2D eigenvalue weighted by atomic mass is 10.2. The average molecular weight is 313 g/mol. The molecule has 1 aromatic rings. The fraction of sp³-hybridized carbons (Fsp3) is 0.412. The molecule has 23 heavy (non-hydrogen) atoms. The highest BCUT2D eigenvalue weighted by atomic mass is 16.1. The topological polar surface area (TPSA) is 80.2 Å². The molecule has 0 saturated carbocycles. The quantitative estimate of drug-likeness (QED) is 0.495. The van der Waals surface area contributed by atoms with Crippen LogP contribution >= 0.6 is 0 Å². The van der Waals surface area contributed by atoms with Gasteiger partial charge >= 0.3 is 0 Å². The molecular weight excluding hydrogens is 290 g/mol. The molecular formula is C17H23N5O. The van der Waals surface area contributed by atoms with E-state index in [1.165, 1.54) is 6.20 Å². The lowest BCUT2D eigenvalue weighted by molar-refractivity contribution is -0.117. The van der Waals surface area contributed by atoms with Crippen molar-refractivity contribution in [2.45, 2.75) is 6.54 Å². The van der Waals surface area contributed by atoms with Crippen LogP contribution in [0, 0.1) is 11.3 Å². The van der Waals surface area contributed by atoms with Crippen molar-refractivity contribution in [2.75, 3.05) is 39.3 Å². The summed E-state index contributed by atoms with van der Waals surface area (Å²) in [4.78, 5) is 14.3. The number of nitrogens with zero attached hydrogens (tertiary/aromatic N) is 2. The van der Waals surface area contributed by atoms with Crippen LogP contribution in [0.2, 0.25) is 0 Å². The summed E-state index contributed by atoms with van der Waals surface area (Å²) >= 11 is 0. The summed E-state index contributed by atoms with van der Waals surface area (Å²) in [6.45, 7) is 5.91. The molecule has 1 amide bonds. The maximum atomic E-state index is 12.0. The first-order valence-electron chi connectivity index (χ1n) is 7.88. The number of hydrogen-bond acceptors (Lipinski definition) is 5. The summed E-state index contributed by atoms with van der Waals surface area (Å²) < 4.78 is 0. The lowest BCUT2D eigenvalue weighted by Crippen LogP contribution is -2.46. The Morgan fingerprint density at radius 2 is 2.04 bits per heavy atom. The Bertz CT molecular complexity index is 558. The summed E-state index contributed by atoms with van der Waals surface area (Å²) in [6, 6.07) is 11.8. The van der Waals surface area contributed by atoms with Crippen LogP contribution in [0.1, 0.15) is 5.56 Å². The fourth-order valence-electron chi connectivity index (χ4n) is 2.37. The van der Waals surface area contributed by atoms with E-state index in [9.17, 15) is 4.79 Å². The van der Waals surface area contributed by atoms with Gasteiger partial charge in [0, 0.05) is 52.0 Å². The SMILES string of the molecule is N#C/C(=C/NCc1ccccc1)C(=O)NCCN1CCNCC1. The number of piperazine rings is 1. The van der Waals surface area contributed by atoms with Gasteiger partial charge < -0.3 is 16.0 Å². The molecule has 0 radical (unpaired) electrons. The van der Waals surface area contributed by atoms with Crippen molar-refractivity contribution in [1.82, 2.24) is 20.9 Å². The van der Waals surface area contributed by atoms with Crippen molar-refractivity contribution in [3.05, 3.63) is 47.7 Å². The fourth-order valence-corrected chi connectivity index (χ4v) is 2.37. The van der Waals surface area contributed by atoms with E-state index < -0.39 is 0 Å². The number of carbonyl (C=O) groups is 1. The molecule has 0 aromatic heterocycles. The molecule has 0 atom stereocenters. The normalized spacial score (nSPS) is 15.7. The van der Waals surface area contributed by atoms with E-state index in [0.717, 1.165) is 38.3 Å². The predicted molar refractivity (Wildman–Crippen MR) is 89.3 cm³/mol. The van der Waals surface area contributed by atoms with Gasteiger partial charge in [-0.2, -0.15) is 5.26 Å². The second-order valence-electron chi connectivity index (χ2n) is 5.38. The number of rotatable bonds is 7. The third-order valence-electron chi connectivity index (χ3n) is 3.68. The third kappa shape index (κ3) is 6.10. The van der Waals surface area contributed by atoms with Crippen LogP contribution in [0.4, 0.5) is 0 Å². The molecule has 1 aliphatic rings. The van der Waals surface area contributed by atoms with E-state index in [0.29, 0.717) is 13.1 Å². The first-order chi connectivity index (χ1) is 11.3. The Morgan fingerprint density at radius 3 is 2.74 bits per heavy atom. The van der Waals surface area contributed by atoms with Gasteiger partial charge in [-0.05, 0) is 5.56 Å². The summed E-state index contributed by atoms with van der Waals surface area (Å²) in [7, 11) is 0. The molecule has 0 unspecified atom stereocenters. The minimum absolute atomic E-state index is 0.0984. The van der Waals surface area contributed by atoms with Crippen LogP contribution in [0.25, 0.3) is 0 Å². The molecule has 1 heterocycles. The molecule has 3 N–H and O–H groups in total. The van der Waals surface area contributed by atoms with E-state index in [2.05, 4.69) is 20.9 Å². The van der Waals surface area contributed by atoms with Crippen molar-refractivity contribution in [1.29, 1.82) is 5.26 Å². The highest BCUT2D eigenvalue weighted by Gasteiger charge is 2.11. The van der Waals surface area contributed by atoms with E-state index in [1.54, 1.807) is 0 Å². The van der Waals surface area contributed by atoms with Crippen LogP contribution in [-0.2, 0) is 11.3 Å². The first kappa shape index (κ1) is 17.0. The van der Waals surface area contributed by atoms with Gasteiger partial charge in [0.05, 0.1) is 0 Å². The van der Waals surface area contributed by atoms with Gasteiger partial charge in [-0.1, -0.05) is 30.3 Å². The largest absolute Gasteiger partial charge is 0.386 e. The zero-order chi connectivity index (χ0) is 16.3. The van der Waals surface area contributed by atoms with Crippen LogP contribution in [0.5, 0.6) is 0 Å².